The average molecular weight is 405 g/mol. The molecule has 3 aromatic rings. The predicted octanol–water partition coefficient (Wildman–Crippen LogP) is 3.24. The molecule has 0 aliphatic rings. The van der Waals surface area contributed by atoms with Gasteiger partial charge in [-0.05, 0) is 42.5 Å². The lowest BCUT2D eigenvalue weighted by atomic mass is 10.3. The Bertz CT molecular complexity index is 949. The zero-order valence-electron chi connectivity index (χ0n) is 13.0. The molecule has 1 aromatic heterocycles. The Kier molecular flexibility index (Phi) is 4.85. The normalized spacial score (nSPS) is 10.3. The van der Waals surface area contributed by atoms with E-state index < -0.39 is 11.8 Å². The first kappa shape index (κ1) is 16.8. The van der Waals surface area contributed by atoms with Gasteiger partial charge in [0.2, 0.25) is 0 Å². The van der Waals surface area contributed by atoms with E-state index in [2.05, 4.69) is 31.7 Å². The van der Waals surface area contributed by atoms with Crippen molar-refractivity contribution in [3.05, 3.63) is 63.6 Å². The van der Waals surface area contributed by atoms with Gasteiger partial charge in [0, 0.05) is 15.8 Å². The molecule has 25 heavy (non-hydrogen) atoms. The van der Waals surface area contributed by atoms with Gasteiger partial charge in [-0.15, -0.1) is 0 Å². The Morgan fingerprint density at radius 1 is 1.16 bits per heavy atom. The molecule has 0 spiro atoms. The number of methoxy groups -OCH3 is 1. The highest BCUT2D eigenvalue weighted by atomic mass is 79.9. The highest BCUT2D eigenvalue weighted by Crippen LogP contribution is 2.16. The molecule has 1 heterocycles. The number of hydrogen-bond acceptors (Lipinski definition) is 5. The van der Waals surface area contributed by atoms with Gasteiger partial charge in [-0.3, -0.25) is 0 Å². The van der Waals surface area contributed by atoms with Crippen LogP contribution in [-0.2, 0) is 0 Å². The quantitative estimate of drug-likeness (QED) is 0.695. The number of amides is 2. The van der Waals surface area contributed by atoms with Crippen molar-refractivity contribution in [3.63, 3.8) is 0 Å². The van der Waals surface area contributed by atoms with Crippen molar-refractivity contribution >= 4 is 33.3 Å². The first-order valence-electron chi connectivity index (χ1n) is 7.13. The number of nitrogens with zero attached hydrogens (tertiary/aromatic N) is 2. The fourth-order valence-corrected chi connectivity index (χ4v) is 2.31. The van der Waals surface area contributed by atoms with Gasteiger partial charge in [-0.1, -0.05) is 27.1 Å². The Morgan fingerprint density at radius 2 is 1.88 bits per heavy atom. The molecule has 128 valence electrons. The zero-order valence-corrected chi connectivity index (χ0v) is 14.6. The molecule has 0 unspecified atom stereocenters. The molecule has 2 N–H and O–H groups in total. The lowest BCUT2D eigenvalue weighted by molar-refractivity contribution is 0.262. The monoisotopic (exact) mass is 404 g/mol. The van der Waals surface area contributed by atoms with Gasteiger partial charge in [0.25, 0.3) is 0 Å². The summed E-state index contributed by atoms with van der Waals surface area (Å²) in [5.74, 6) is -0.687. The van der Waals surface area contributed by atoms with E-state index >= 15 is 0 Å². The number of urea groups is 1. The third-order valence-electron chi connectivity index (χ3n) is 3.15. The van der Waals surface area contributed by atoms with Gasteiger partial charge in [0.1, 0.15) is 0 Å². The van der Waals surface area contributed by atoms with Crippen molar-refractivity contribution in [2.45, 2.75) is 0 Å². The van der Waals surface area contributed by atoms with E-state index in [0.29, 0.717) is 17.1 Å². The van der Waals surface area contributed by atoms with Gasteiger partial charge in [0.05, 0.1) is 12.8 Å². The molecule has 0 aliphatic carbocycles. The van der Waals surface area contributed by atoms with E-state index in [0.717, 1.165) is 9.15 Å². The molecule has 2 aromatic carbocycles. The van der Waals surface area contributed by atoms with Crippen molar-refractivity contribution in [3.8, 4) is 11.8 Å². The molecule has 8 nitrogen and oxygen atoms in total. The van der Waals surface area contributed by atoms with Gasteiger partial charge in [-0.25, -0.2) is 9.59 Å². The van der Waals surface area contributed by atoms with Gasteiger partial charge >= 0.3 is 17.9 Å². The van der Waals surface area contributed by atoms with Crippen LogP contribution in [0.2, 0.25) is 0 Å². The van der Waals surface area contributed by atoms with Crippen LogP contribution in [0.5, 0.6) is 6.08 Å². The second-order valence-corrected chi connectivity index (χ2v) is 5.80. The van der Waals surface area contributed by atoms with Crippen molar-refractivity contribution < 1.29 is 13.9 Å². The fourth-order valence-electron chi connectivity index (χ4n) is 2.05. The smallest absolute Gasteiger partial charge is 0.444 e. The molecular weight excluding hydrogens is 392 g/mol. The lowest BCUT2D eigenvalue weighted by Gasteiger charge is -2.08. The van der Waals surface area contributed by atoms with E-state index in [4.69, 9.17) is 9.15 Å². The van der Waals surface area contributed by atoms with Gasteiger partial charge in [-0.2, -0.15) is 4.68 Å². The average Bonchev–Trinajstić information content (AvgIpc) is 2.98. The topological polar surface area (TPSA) is 98.4 Å². The summed E-state index contributed by atoms with van der Waals surface area (Å²) in [6.45, 7) is 0. The van der Waals surface area contributed by atoms with Crippen LogP contribution in [-0.4, -0.2) is 22.9 Å². The maximum absolute atomic E-state index is 12.1. The largest absolute Gasteiger partial charge is 0.452 e. The fraction of sp³-hybridized carbons (Fsp3) is 0.0625. The van der Waals surface area contributed by atoms with Crippen molar-refractivity contribution in [1.29, 1.82) is 0 Å². The van der Waals surface area contributed by atoms with Crippen LogP contribution in [0.25, 0.3) is 5.69 Å². The molecule has 0 fully saturated rings. The van der Waals surface area contributed by atoms with Crippen LogP contribution in [0.4, 0.5) is 16.2 Å². The number of benzene rings is 2. The number of halogens is 1. The molecule has 0 radical (unpaired) electrons. The Morgan fingerprint density at radius 3 is 2.56 bits per heavy atom. The van der Waals surface area contributed by atoms with Gasteiger partial charge < -0.3 is 19.8 Å². The van der Waals surface area contributed by atoms with Gasteiger partial charge in [0.15, 0.2) is 0 Å². The highest BCUT2D eigenvalue weighted by molar-refractivity contribution is 9.10. The number of carbonyl (C=O) groups is 1. The summed E-state index contributed by atoms with van der Waals surface area (Å²) in [6, 6.07) is 13.4. The SMILES string of the molecule is COc1nn(-c2cccc(NC(=O)Nc3ccc(Br)cc3)c2)c(=O)o1. The molecule has 0 saturated carbocycles. The van der Waals surface area contributed by atoms with Crippen molar-refractivity contribution in [2.24, 2.45) is 0 Å². The van der Waals surface area contributed by atoms with Crippen molar-refractivity contribution in [2.75, 3.05) is 17.7 Å². The number of rotatable bonds is 4. The van der Waals surface area contributed by atoms with E-state index in [1.165, 1.54) is 7.11 Å². The van der Waals surface area contributed by atoms with Crippen molar-refractivity contribution in [1.82, 2.24) is 9.78 Å². The summed E-state index contributed by atoms with van der Waals surface area (Å²) in [5.41, 5.74) is 1.56. The first-order chi connectivity index (χ1) is 12.0. The number of anilines is 2. The number of aromatic nitrogens is 2. The van der Waals surface area contributed by atoms with E-state index in [9.17, 15) is 9.59 Å². The number of carbonyl (C=O) groups excluding carboxylic acids is 1. The van der Waals surface area contributed by atoms with Crippen LogP contribution in [0, 0.1) is 0 Å². The summed E-state index contributed by atoms with van der Waals surface area (Å²) in [7, 11) is 1.35. The Hall–Kier alpha value is -3.07. The molecular formula is C16H13BrN4O4. The lowest BCUT2D eigenvalue weighted by Crippen LogP contribution is -2.20. The second-order valence-electron chi connectivity index (χ2n) is 4.89. The molecule has 0 atom stereocenters. The van der Waals surface area contributed by atoms with Crippen LogP contribution in [0.15, 0.2) is 62.2 Å². The summed E-state index contributed by atoms with van der Waals surface area (Å²) < 4.78 is 11.5. The summed E-state index contributed by atoms with van der Waals surface area (Å²) in [6.07, 6.45) is -0.142. The maximum atomic E-state index is 12.1. The number of nitrogens with one attached hydrogen (secondary N) is 2. The van der Waals surface area contributed by atoms with Crippen LogP contribution < -0.4 is 21.1 Å². The Balaban J connectivity index is 1.75. The van der Waals surface area contributed by atoms with E-state index in [1.54, 1.807) is 36.4 Å². The Labute approximate surface area is 150 Å². The van der Waals surface area contributed by atoms with E-state index in [-0.39, 0.29) is 6.08 Å². The molecule has 0 bridgehead atoms. The highest BCUT2D eigenvalue weighted by Gasteiger charge is 2.11. The van der Waals surface area contributed by atoms with Crippen LogP contribution >= 0.6 is 15.9 Å². The summed E-state index contributed by atoms with van der Waals surface area (Å²) in [4.78, 5) is 23.8. The summed E-state index contributed by atoms with van der Waals surface area (Å²) >= 11 is 3.33. The molecule has 0 saturated heterocycles. The standard InChI is InChI=1S/C16H13BrN4O4/c1-24-15-20-21(16(23)25-15)13-4-2-3-12(9-13)19-14(22)18-11-7-5-10(17)6-8-11/h2-9H,1H3,(H2,18,19,22). The minimum atomic E-state index is -0.687. The molecule has 3 rings (SSSR count). The van der Waals surface area contributed by atoms with Crippen LogP contribution in [0.1, 0.15) is 0 Å². The number of hydrogen-bond donors (Lipinski definition) is 2. The third-order valence-corrected chi connectivity index (χ3v) is 3.68. The minimum Gasteiger partial charge on any atom is -0.452 e. The maximum Gasteiger partial charge on any atom is 0.444 e. The molecule has 9 heteroatoms. The number of ether oxygens (including phenoxy) is 1. The second kappa shape index (κ2) is 7.22. The molecule has 0 aliphatic heterocycles. The summed E-state index contributed by atoms with van der Waals surface area (Å²) in [5, 5.41) is 9.27. The molecule has 2 amide bonds. The zero-order chi connectivity index (χ0) is 17.8. The van der Waals surface area contributed by atoms with Crippen LogP contribution in [0.3, 0.4) is 0 Å². The predicted molar refractivity (Wildman–Crippen MR) is 95.4 cm³/mol. The first-order valence-corrected chi connectivity index (χ1v) is 7.92. The minimum absolute atomic E-state index is 0.142. The van der Waals surface area contributed by atoms with E-state index in [1.807, 2.05) is 12.1 Å². The third kappa shape index (κ3) is 4.07.